The van der Waals surface area contributed by atoms with Crippen LogP contribution in [-0.4, -0.2) is 32.3 Å². The Morgan fingerprint density at radius 2 is 2.18 bits per heavy atom. The highest BCUT2D eigenvalue weighted by Gasteiger charge is 2.18. The van der Waals surface area contributed by atoms with E-state index >= 15 is 0 Å². The quantitative estimate of drug-likeness (QED) is 0.826. The van der Waals surface area contributed by atoms with Crippen molar-refractivity contribution < 1.29 is 14.3 Å². The van der Waals surface area contributed by atoms with Gasteiger partial charge in [-0.15, -0.1) is 0 Å². The predicted molar refractivity (Wildman–Crippen MR) is 63.4 cm³/mol. The van der Waals surface area contributed by atoms with Gasteiger partial charge in [-0.1, -0.05) is 12.1 Å². The predicted octanol–water partition coefficient (Wildman–Crippen LogP) is 1.15. The number of nitrogens with one attached hydrogen (secondary N) is 2. The zero-order valence-corrected chi connectivity index (χ0v) is 9.73. The van der Waals surface area contributed by atoms with E-state index < -0.39 is 6.09 Å². The number of hydrogen-bond acceptors (Lipinski definition) is 4. The molecular weight excluding hydrogens is 220 g/mol. The lowest BCUT2D eigenvalue weighted by Gasteiger charge is -2.12. The molecule has 0 bridgehead atoms. The first-order chi connectivity index (χ1) is 8.29. The number of benzene rings is 1. The van der Waals surface area contributed by atoms with Crippen molar-refractivity contribution in [2.45, 2.75) is 12.5 Å². The standard InChI is InChI=1S/C12H16N2O3/c1-16-10-4-2-3-5-11(10)17-12(15)14-9-6-7-13-8-9/h2-5,9,13H,6-8H2,1H3,(H,14,15). The van der Waals surface area contributed by atoms with Gasteiger partial charge in [0.15, 0.2) is 11.5 Å². The molecule has 1 heterocycles. The monoisotopic (exact) mass is 236 g/mol. The van der Waals surface area contributed by atoms with Gasteiger partial charge in [-0.3, -0.25) is 0 Å². The second kappa shape index (κ2) is 5.54. The van der Waals surface area contributed by atoms with Crippen LogP contribution in [-0.2, 0) is 0 Å². The van der Waals surface area contributed by atoms with Crippen LogP contribution in [0.25, 0.3) is 0 Å². The number of para-hydroxylation sites is 2. The molecule has 1 atom stereocenters. The minimum absolute atomic E-state index is 0.150. The molecule has 1 amide bonds. The first-order valence-corrected chi connectivity index (χ1v) is 5.61. The molecule has 1 aromatic carbocycles. The van der Waals surface area contributed by atoms with Crippen LogP contribution in [0, 0.1) is 0 Å². The molecule has 2 rings (SSSR count). The zero-order chi connectivity index (χ0) is 12.1. The lowest BCUT2D eigenvalue weighted by Crippen LogP contribution is -2.38. The van der Waals surface area contributed by atoms with Gasteiger partial charge in [-0.2, -0.15) is 0 Å². The summed E-state index contributed by atoms with van der Waals surface area (Å²) in [6.45, 7) is 1.72. The lowest BCUT2D eigenvalue weighted by atomic mass is 10.3. The number of amides is 1. The molecule has 17 heavy (non-hydrogen) atoms. The van der Waals surface area contributed by atoms with Crippen LogP contribution < -0.4 is 20.1 Å². The van der Waals surface area contributed by atoms with E-state index in [4.69, 9.17) is 9.47 Å². The Bertz CT molecular complexity index is 389. The van der Waals surface area contributed by atoms with Gasteiger partial charge in [-0.05, 0) is 25.1 Å². The summed E-state index contributed by atoms with van der Waals surface area (Å²) < 4.78 is 10.3. The van der Waals surface area contributed by atoms with Crippen LogP contribution in [0.3, 0.4) is 0 Å². The minimum Gasteiger partial charge on any atom is -0.493 e. The van der Waals surface area contributed by atoms with Gasteiger partial charge in [-0.25, -0.2) is 4.79 Å². The number of rotatable bonds is 3. The molecule has 0 radical (unpaired) electrons. The van der Waals surface area contributed by atoms with Crippen LogP contribution in [0.4, 0.5) is 4.79 Å². The first-order valence-electron chi connectivity index (χ1n) is 5.61. The van der Waals surface area contributed by atoms with Gasteiger partial charge >= 0.3 is 6.09 Å². The van der Waals surface area contributed by atoms with Crippen molar-refractivity contribution >= 4 is 6.09 Å². The fourth-order valence-corrected chi connectivity index (χ4v) is 1.78. The Balaban J connectivity index is 1.92. The molecule has 1 unspecified atom stereocenters. The van der Waals surface area contributed by atoms with E-state index in [1.54, 1.807) is 25.3 Å². The topological polar surface area (TPSA) is 59.6 Å². The van der Waals surface area contributed by atoms with E-state index in [1.165, 1.54) is 0 Å². The van der Waals surface area contributed by atoms with E-state index in [2.05, 4.69) is 10.6 Å². The molecule has 0 saturated carbocycles. The lowest BCUT2D eigenvalue weighted by molar-refractivity contribution is 0.195. The third-order valence-electron chi connectivity index (χ3n) is 2.65. The Kier molecular flexibility index (Phi) is 3.82. The fraction of sp³-hybridized carbons (Fsp3) is 0.417. The fourth-order valence-electron chi connectivity index (χ4n) is 1.78. The molecule has 0 spiro atoms. The minimum atomic E-state index is -0.441. The zero-order valence-electron chi connectivity index (χ0n) is 9.73. The highest BCUT2D eigenvalue weighted by Crippen LogP contribution is 2.25. The Labute approximate surface area is 100 Å². The number of methoxy groups -OCH3 is 1. The average Bonchev–Trinajstić information content (AvgIpc) is 2.82. The van der Waals surface area contributed by atoms with E-state index in [-0.39, 0.29) is 6.04 Å². The highest BCUT2D eigenvalue weighted by molar-refractivity contribution is 5.71. The summed E-state index contributed by atoms with van der Waals surface area (Å²) in [5.41, 5.74) is 0. The summed E-state index contributed by atoms with van der Waals surface area (Å²) in [6, 6.07) is 7.22. The van der Waals surface area contributed by atoms with Crippen LogP contribution in [0.2, 0.25) is 0 Å². The smallest absolute Gasteiger partial charge is 0.412 e. The summed E-state index contributed by atoms with van der Waals surface area (Å²) in [5.74, 6) is 0.977. The van der Waals surface area contributed by atoms with Crippen molar-refractivity contribution in [3.63, 3.8) is 0 Å². The summed E-state index contributed by atoms with van der Waals surface area (Å²) >= 11 is 0. The molecule has 0 aliphatic carbocycles. The van der Waals surface area contributed by atoms with Crippen molar-refractivity contribution in [1.29, 1.82) is 0 Å². The molecule has 0 aromatic heterocycles. The maximum atomic E-state index is 11.6. The molecule has 2 N–H and O–H groups in total. The molecular formula is C12H16N2O3. The SMILES string of the molecule is COc1ccccc1OC(=O)NC1CCNC1. The van der Waals surface area contributed by atoms with Crippen molar-refractivity contribution in [2.75, 3.05) is 20.2 Å². The number of carbonyl (C=O) groups is 1. The largest absolute Gasteiger partial charge is 0.493 e. The summed E-state index contributed by atoms with van der Waals surface area (Å²) in [7, 11) is 1.54. The van der Waals surface area contributed by atoms with Crippen molar-refractivity contribution in [2.24, 2.45) is 0 Å². The van der Waals surface area contributed by atoms with Crippen LogP contribution >= 0.6 is 0 Å². The normalized spacial score (nSPS) is 18.8. The molecule has 5 heteroatoms. The van der Waals surface area contributed by atoms with Crippen molar-refractivity contribution in [3.05, 3.63) is 24.3 Å². The van der Waals surface area contributed by atoms with E-state index in [9.17, 15) is 4.79 Å². The molecule has 1 aromatic rings. The molecule has 92 valence electrons. The van der Waals surface area contributed by atoms with Crippen molar-refractivity contribution in [3.8, 4) is 11.5 Å². The van der Waals surface area contributed by atoms with E-state index in [1.807, 2.05) is 6.07 Å². The summed E-state index contributed by atoms with van der Waals surface area (Å²) in [6.07, 6.45) is 0.490. The van der Waals surface area contributed by atoms with Gasteiger partial charge in [0.1, 0.15) is 0 Å². The third kappa shape index (κ3) is 3.10. The second-order valence-electron chi connectivity index (χ2n) is 3.87. The van der Waals surface area contributed by atoms with E-state index in [0.717, 1.165) is 19.5 Å². The van der Waals surface area contributed by atoms with Gasteiger partial charge in [0.25, 0.3) is 0 Å². The number of carbonyl (C=O) groups excluding carboxylic acids is 1. The van der Waals surface area contributed by atoms with Gasteiger partial charge in [0.05, 0.1) is 7.11 Å². The Morgan fingerprint density at radius 3 is 2.82 bits per heavy atom. The Hall–Kier alpha value is -1.75. The van der Waals surface area contributed by atoms with Gasteiger partial charge in [0.2, 0.25) is 0 Å². The third-order valence-corrected chi connectivity index (χ3v) is 2.65. The number of ether oxygens (including phenoxy) is 2. The molecule has 1 saturated heterocycles. The Morgan fingerprint density at radius 1 is 1.41 bits per heavy atom. The molecule has 1 fully saturated rings. The highest BCUT2D eigenvalue weighted by atomic mass is 16.6. The summed E-state index contributed by atoms with van der Waals surface area (Å²) in [4.78, 5) is 11.6. The molecule has 5 nitrogen and oxygen atoms in total. The van der Waals surface area contributed by atoms with Crippen LogP contribution in [0.15, 0.2) is 24.3 Å². The van der Waals surface area contributed by atoms with Gasteiger partial charge in [0, 0.05) is 12.6 Å². The van der Waals surface area contributed by atoms with E-state index in [0.29, 0.717) is 11.5 Å². The maximum Gasteiger partial charge on any atom is 0.412 e. The van der Waals surface area contributed by atoms with Crippen LogP contribution in [0.5, 0.6) is 11.5 Å². The van der Waals surface area contributed by atoms with Gasteiger partial charge < -0.3 is 20.1 Å². The number of hydrogen-bond donors (Lipinski definition) is 2. The second-order valence-corrected chi connectivity index (χ2v) is 3.87. The average molecular weight is 236 g/mol. The maximum absolute atomic E-state index is 11.6. The first kappa shape index (κ1) is 11.7. The molecule has 1 aliphatic heterocycles. The van der Waals surface area contributed by atoms with Crippen molar-refractivity contribution in [1.82, 2.24) is 10.6 Å². The molecule has 1 aliphatic rings. The van der Waals surface area contributed by atoms with Crippen LogP contribution in [0.1, 0.15) is 6.42 Å². The summed E-state index contributed by atoms with van der Waals surface area (Å²) in [5, 5.41) is 5.97.